The van der Waals surface area contributed by atoms with E-state index >= 15 is 0 Å². The average Bonchev–Trinajstić information content (AvgIpc) is 2.52. The summed E-state index contributed by atoms with van der Waals surface area (Å²) in [6, 6.07) is 0. The number of aromatic amines is 1. The Labute approximate surface area is 72.6 Å². The van der Waals surface area contributed by atoms with Gasteiger partial charge in [-0.15, -0.1) is 0 Å². The Bertz CT molecular complexity index is 251. The molecule has 0 radical (unpaired) electrons. The Morgan fingerprint density at radius 1 is 1.50 bits per heavy atom. The van der Waals surface area contributed by atoms with Gasteiger partial charge in [0.2, 0.25) is 0 Å². The van der Waals surface area contributed by atoms with Crippen molar-refractivity contribution < 1.29 is 0 Å². The summed E-state index contributed by atoms with van der Waals surface area (Å²) in [7, 11) is 0. The summed E-state index contributed by atoms with van der Waals surface area (Å²) >= 11 is 0. The second kappa shape index (κ2) is 3.23. The van der Waals surface area contributed by atoms with E-state index in [2.05, 4.69) is 15.2 Å². The van der Waals surface area contributed by atoms with Crippen molar-refractivity contribution in [3.63, 3.8) is 0 Å². The third-order valence-corrected chi connectivity index (χ3v) is 2.11. The van der Waals surface area contributed by atoms with Gasteiger partial charge in [0.05, 0.1) is 5.54 Å². The van der Waals surface area contributed by atoms with Crippen LogP contribution in [0.5, 0.6) is 0 Å². The molecule has 0 saturated carbocycles. The lowest BCUT2D eigenvalue weighted by Gasteiger charge is -2.17. The van der Waals surface area contributed by atoms with E-state index in [9.17, 15) is 0 Å². The fourth-order valence-electron chi connectivity index (χ4n) is 0.867. The van der Waals surface area contributed by atoms with Crippen LogP contribution < -0.4 is 5.73 Å². The largest absolute Gasteiger partial charge is 0.319 e. The van der Waals surface area contributed by atoms with Gasteiger partial charge in [-0.2, -0.15) is 5.10 Å². The molecule has 0 saturated heterocycles. The van der Waals surface area contributed by atoms with E-state index in [1.54, 1.807) is 0 Å². The first-order valence-corrected chi connectivity index (χ1v) is 4.30. The molecule has 0 aliphatic carbocycles. The van der Waals surface area contributed by atoms with E-state index in [0.29, 0.717) is 5.82 Å². The maximum Gasteiger partial charge on any atom is 0.170 e. The highest BCUT2D eigenvalue weighted by Gasteiger charge is 2.23. The van der Waals surface area contributed by atoms with Gasteiger partial charge in [-0.1, -0.05) is 13.8 Å². The summed E-state index contributed by atoms with van der Waals surface area (Å²) in [6.07, 6.45) is 1.71. The van der Waals surface area contributed by atoms with Gasteiger partial charge in [0.1, 0.15) is 5.82 Å². The van der Waals surface area contributed by atoms with E-state index in [1.807, 2.05) is 20.8 Å². The predicted molar refractivity (Wildman–Crippen MR) is 47.6 cm³/mol. The summed E-state index contributed by atoms with van der Waals surface area (Å²) in [5.41, 5.74) is 5.56. The number of aryl methyl sites for hydroxylation is 1. The Morgan fingerprint density at radius 3 is 2.58 bits per heavy atom. The molecule has 0 spiro atoms. The smallest absolute Gasteiger partial charge is 0.170 e. The monoisotopic (exact) mass is 168 g/mol. The van der Waals surface area contributed by atoms with Crippen molar-refractivity contribution in [1.29, 1.82) is 0 Å². The van der Waals surface area contributed by atoms with Crippen LogP contribution >= 0.6 is 0 Å². The van der Waals surface area contributed by atoms with Crippen LogP contribution in [0.1, 0.15) is 38.8 Å². The first kappa shape index (κ1) is 9.19. The van der Waals surface area contributed by atoms with Gasteiger partial charge in [-0.3, -0.25) is 5.10 Å². The first-order chi connectivity index (χ1) is 5.60. The summed E-state index contributed by atoms with van der Waals surface area (Å²) < 4.78 is 0. The van der Waals surface area contributed by atoms with Gasteiger partial charge in [0, 0.05) is 6.42 Å². The molecule has 0 fully saturated rings. The highest BCUT2D eigenvalue weighted by molar-refractivity contribution is 5.02. The summed E-state index contributed by atoms with van der Waals surface area (Å²) in [5.74, 6) is 1.61. The SMILES string of the molecule is CCc1nc(C(C)(N)CC)n[nH]1. The minimum Gasteiger partial charge on any atom is -0.319 e. The van der Waals surface area contributed by atoms with Crippen molar-refractivity contribution in [3.05, 3.63) is 11.6 Å². The van der Waals surface area contributed by atoms with Gasteiger partial charge in [0.25, 0.3) is 0 Å². The van der Waals surface area contributed by atoms with E-state index in [-0.39, 0.29) is 0 Å². The zero-order chi connectivity index (χ0) is 9.19. The van der Waals surface area contributed by atoms with Crippen molar-refractivity contribution >= 4 is 0 Å². The first-order valence-electron chi connectivity index (χ1n) is 4.30. The molecule has 4 heteroatoms. The highest BCUT2D eigenvalue weighted by atomic mass is 15.2. The number of aromatic nitrogens is 3. The molecule has 1 aromatic rings. The molecule has 1 unspecified atom stereocenters. The Kier molecular flexibility index (Phi) is 2.47. The zero-order valence-corrected chi connectivity index (χ0v) is 7.89. The molecule has 3 N–H and O–H groups in total. The minimum atomic E-state index is -0.399. The number of hydrogen-bond donors (Lipinski definition) is 2. The van der Waals surface area contributed by atoms with Crippen LogP contribution in [0.15, 0.2) is 0 Å². The Balaban J connectivity index is 2.88. The highest BCUT2D eigenvalue weighted by Crippen LogP contribution is 2.16. The van der Waals surface area contributed by atoms with Crippen LogP contribution in [0.3, 0.4) is 0 Å². The average molecular weight is 168 g/mol. The molecule has 1 atom stereocenters. The molecule has 1 heterocycles. The predicted octanol–water partition coefficient (Wildman–Crippen LogP) is 0.951. The third-order valence-electron chi connectivity index (χ3n) is 2.11. The summed E-state index contributed by atoms with van der Waals surface area (Å²) in [6.45, 7) is 6.00. The second-order valence-corrected chi connectivity index (χ2v) is 3.23. The maximum absolute atomic E-state index is 5.96. The fourth-order valence-corrected chi connectivity index (χ4v) is 0.867. The molecule has 1 aromatic heterocycles. The molecule has 0 amide bonds. The van der Waals surface area contributed by atoms with Crippen molar-refractivity contribution in [3.8, 4) is 0 Å². The van der Waals surface area contributed by atoms with Gasteiger partial charge in [-0.05, 0) is 13.3 Å². The summed E-state index contributed by atoms with van der Waals surface area (Å²) in [5, 5.41) is 6.92. The fraction of sp³-hybridized carbons (Fsp3) is 0.750. The van der Waals surface area contributed by atoms with Crippen molar-refractivity contribution in [2.75, 3.05) is 0 Å². The van der Waals surface area contributed by atoms with E-state index < -0.39 is 5.54 Å². The van der Waals surface area contributed by atoms with E-state index in [0.717, 1.165) is 18.7 Å². The molecule has 0 aliphatic heterocycles. The minimum absolute atomic E-state index is 0.399. The van der Waals surface area contributed by atoms with Crippen molar-refractivity contribution in [2.24, 2.45) is 5.73 Å². The van der Waals surface area contributed by atoms with E-state index in [1.165, 1.54) is 0 Å². The number of nitrogens with two attached hydrogens (primary N) is 1. The normalized spacial score (nSPS) is 16.0. The zero-order valence-electron chi connectivity index (χ0n) is 7.89. The van der Waals surface area contributed by atoms with E-state index in [4.69, 9.17) is 5.73 Å². The lowest BCUT2D eigenvalue weighted by Crippen LogP contribution is -2.33. The second-order valence-electron chi connectivity index (χ2n) is 3.23. The van der Waals surface area contributed by atoms with Gasteiger partial charge >= 0.3 is 0 Å². The van der Waals surface area contributed by atoms with Gasteiger partial charge in [0.15, 0.2) is 5.82 Å². The Hall–Kier alpha value is -0.900. The number of nitrogens with zero attached hydrogens (tertiary/aromatic N) is 2. The standard InChI is InChI=1S/C8H16N4/c1-4-6-10-7(12-11-6)8(3,9)5-2/h4-5,9H2,1-3H3,(H,10,11,12). The van der Waals surface area contributed by atoms with Crippen LogP contribution in [0, 0.1) is 0 Å². The molecule has 68 valence electrons. The number of H-pyrrole nitrogens is 1. The Morgan fingerprint density at radius 2 is 2.17 bits per heavy atom. The summed E-state index contributed by atoms with van der Waals surface area (Å²) in [4.78, 5) is 4.28. The maximum atomic E-state index is 5.96. The van der Waals surface area contributed by atoms with Gasteiger partial charge < -0.3 is 5.73 Å². The van der Waals surface area contributed by atoms with Crippen LogP contribution in [0.2, 0.25) is 0 Å². The van der Waals surface area contributed by atoms with Crippen LogP contribution in [0.25, 0.3) is 0 Å². The topological polar surface area (TPSA) is 67.6 Å². The molecule has 0 aliphatic rings. The molecule has 1 rings (SSSR count). The molecule has 12 heavy (non-hydrogen) atoms. The lowest BCUT2D eigenvalue weighted by molar-refractivity contribution is 0.447. The number of nitrogens with one attached hydrogen (secondary N) is 1. The van der Waals surface area contributed by atoms with Gasteiger partial charge in [-0.25, -0.2) is 4.98 Å². The van der Waals surface area contributed by atoms with Crippen molar-refractivity contribution in [1.82, 2.24) is 15.2 Å². The molecular formula is C8H16N4. The molecule has 0 bridgehead atoms. The molecule has 4 nitrogen and oxygen atoms in total. The lowest BCUT2D eigenvalue weighted by atomic mass is 10.0. The van der Waals surface area contributed by atoms with Crippen molar-refractivity contribution in [2.45, 2.75) is 39.2 Å². The molecular weight excluding hydrogens is 152 g/mol. The number of rotatable bonds is 3. The van der Waals surface area contributed by atoms with Crippen LogP contribution in [-0.2, 0) is 12.0 Å². The molecule has 0 aromatic carbocycles. The van der Waals surface area contributed by atoms with Crippen LogP contribution in [0.4, 0.5) is 0 Å². The quantitative estimate of drug-likeness (QED) is 0.706. The number of hydrogen-bond acceptors (Lipinski definition) is 3. The third kappa shape index (κ3) is 1.64. The van der Waals surface area contributed by atoms with Crippen LogP contribution in [-0.4, -0.2) is 15.2 Å².